The van der Waals surface area contributed by atoms with E-state index in [0.29, 0.717) is 0 Å². The number of nitrogens with zero attached hydrogens (tertiary/aromatic N) is 1. The molecule has 0 aliphatic heterocycles. The normalized spacial score (nSPS) is 10.3. The molecule has 0 aliphatic rings. The maximum Gasteiger partial charge on any atom is 0.336 e. The number of thiol groups is 1. The van der Waals surface area contributed by atoms with Crippen LogP contribution in [-0.2, 0) is 10.9 Å². The van der Waals surface area contributed by atoms with Crippen molar-refractivity contribution in [2.24, 2.45) is 0 Å². The van der Waals surface area contributed by atoms with Crippen LogP contribution >= 0.6 is 0 Å². The van der Waals surface area contributed by atoms with E-state index in [2.05, 4.69) is 0 Å². The minimum atomic E-state index is -3.18. The summed E-state index contributed by atoms with van der Waals surface area (Å²) in [6.07, 6.45) is 0. The summed E-state index contributed by atoms with van der Waals surface area (Å²) >= 11 is 0. The number of hydrogen-bond acceptors (Lipinski definition) is 6. The molecular formula is C13H10N2O7S. The highest BCUT2D eigenvalue weighted by atomic mass is 32.2. The number of para-hydroxylation sites is 1. The first-order valence-electron chi connectivity index (χ1n) is 6.08. The molecule has 120 valence electrons. The second-order valence-corrected chi connectivity index (χ2v) is 4.96. The van der Waals surface area contributed by atoms with Gasteiger partial charge in [-0.25, -0.2) is 13.2 Å². The van der Waals surface area contributed by atoms with Gasteiger partial charge in [0, 0.05) is 6.07 Å². The second-order valence-electron chi connectivity index (χ2n) is 4.22. The van der Waals surface area contributed by atoms with Crippen LogP contribution in [0.2, 0.25) is 0 Å². The van der Waals surface area contributed by atoms with Crippen molar-refractivity contribution < 1.29 is 28.0 Å². The highest BCUT2D eigenvalue weighted by Crippen LogP contribution is 2.39. The predicted octanol–water partition coefficient (Wildman–Crippen LogP) is 2.02. The molecule has 0 spiro atoms. The van der Waals surface area contributed by atoms with Gasteiger partial charge in [-0.05, 0) is 18.2 Å². The van der Waals surface area contributed by atoms with E-state index >= 15 is 0 Å². The van der Waals surface area contributed by atoms with Crippen LogP contribution in [0.5, 0.6) is 11.5 Å². The van der Waals surface area contributed by atoms with Crippen LogP contribution in [-0.4, -0.2) is 24.4 Å². The molecule has 0 bridgehead atoms. The number of hydrogen-bond donors (Lipinski definition) is 3. The molecular weight excluding hydrogens is 328 g/mol. The Morgan fingerprint density at radius 2 is 1.87 bits per heavy atom. The molecule has 2 rings (SSSR count). The summed E-state index contributed by atoms with van der Waals surface area (Å²) < 4.78 is 29.1. The van der Waals surface area contributed by atoms with E-state index in [-0.39, 0.29) is 11.4 Å². The van der Waals surface area contributed by atoms with Gasteiger partial charge in [-0.15, -0.1) is 0 Å². The molecule has 10 heteroatoms. The average Bonchev–Trinajstić information content (AvgIpc) is 2.48. The van der Waals surface area contributed by atoms with Crippen LogP contribution < -0.4 is 9.46 Å². The second kappa shape index (κ2) is 6.75. The van der Waals surface area contributed by atoms with E-state index in [1.807, 2.05) is 4.72 Å². The number of nitro groups is 1. The zero-order chi connectivity index (χ0) is 17.0. The highest BCUT2D eigenvalue weighted by molar-refractivity contribution is 7.73. The van der Waals surface area contributed by atoms with Gasteiger partial charge in [0.05, 0.1) is 16.2 Å². The van der Waals surface area contributed by atoms with Gasteiger partial charge in [0.2, 0.25) is 16.6 Å². The van der Waals surface area contributed by atoms with Crippen molar-refractivity contribution in [2.45, 2.75) is 0 Å². The smallest absolute Gasteiger partial charge is 0.336 e. The van der Waals surface area contributed by atoms with Crippen LogP contribution in [0, 0.1) is 10.1 Å². The van der Waals surface area contributed by atoms with Crippen LogP contribution in [0.1, 0.15) is 10.4 Å². The van der Waals surface area contributed by atoms with Crippen molar-refractivity contribution >= 4 is 28.2 Å². The molecule has 0 aliphatic carbocycles. The summed E-state index contributed by atoms with van der Waals surface area (Å²) in [7, 11) is -3.18. The van der Waals surface area contributed by atoms with Gasteiger partial charge in [0.25, 0.3) is 0 Å². The molecule has 0 aromatic heterocycles. The molecule has 0 unspecified atom stereocenters. The first-order chi connectivity index (χ1) is 10.9. The van der Waals surface area contributed by atoms with Crippen molar-refractivity contribution in [3.63, 3.8) is 0 Å². The fraction of sp³-hybridized carbons (Fsp3) is 0. The Kier molecular flexibility index (Phi) is 4.76. The molecule has 2 aromatic carbocycles. The van der Waals surface area contributed by atoms with Gasteiger partial charge in [-0.2, -0.15) is 0 Å². The molecule has 0 fully saturated rings. The van der Waals surface area contributed by atoms with E-state index in [1.54, 1.807) is 18.2 Å². The lowest BCUT2D eigenvalue weighted by molar-refractivity contribution is -0.385. The Morgan fingerprint density at radius 3 is 2.39 bits per heavy atom. The number of nitrogens with one attached hydrogen (secondary N) is 1. The first kappa shape index (κ1) is 16.2. The Balaban J connectivity index is 2.64. The van der Waals surface area contributed by atoms with E-state index in [1.165, 1.54) is 12.1 Å². The molecule has 2 N–H and O–H groups in total. The first-order valence-corrected chi connectivity index (χ1v) is 7.26. The molecule has 0 radical (unpaired) electrons. The standard InChI is InChI=1S/C13H10N2O7S/c16-13(17)8-6-10(14-23(20)21)12(11(7-8)15(18)19)22-9-4-2-1-3-5-9/h1-7,23H,(H,16,17)(H,14,20,21). The van der Waals surface area contributed by atoms with Crippen LogP contribution in [0.15, 0.2) is 42.5 Å². The summed E-state index contributed by atoms with van der Waals surface area (Å²) in [6.45, 7) is 0. The zero-order valence-electron chi connectivity index (χ0n) is 11.3. The largest absolute Gasteiger partial charge is 0.478 e. The molecule has 0 amide bonds. The van der Waals surface area contributed by atoms with Crippen LogP contribution in [0.25, 0.3) is 0 Å². The van der Waals surface area contributed by atoms with Crippen molar-refractivity contribution in [2.75, 3.05) is 4.72 Å². The lowest BCUT2D eigenvalue weighted by Crippen LogP contribution is -2.05. The fourth-order valence-electron chi connectivity index (χ4n) is 1.77. The van der Waals surface area contributed by atoms with Gasteiger partial charge in [0.1, 0.15) is 5.75 Å². The van der Waals surface area contributed by atoms with E-state index in [4.69, 9.17) is 9.84 Å². The number of anilines is 1. The van der Waals surface area contributed by atoms with E-state index in [0.717, 1.165) is 12.1 Å². The van der Waals surface area contributed by atoms with Crippen molar-refractivity contribution in [3.05, 3.63) is 58.1 Å². The number of rotatable bonds is 6. The summed E-state index contributed by atoms with van der Waals surface area (Å²) in [5.74, 6) is -1.61. The molecule has 2 aromatic rings. The average molecular weight is 338 g/mol. The molecule has 0 heterocycles. The Bertz CT molecular complexity index is 826. The minimum absolute atomic E-state index is 0.225. The number of aromatic carboxylic acids is 1. The summed E-state index contributed by atoms with van der Waals surface area (Å²) in [5, 5.41) is 20.2. The van der Waals surface area contributed by atoms with Gasteiger partial charge in [-0.1, -0.05) is 18.2 Å². The van der Waals surface area contributed by atoms with Crippen molar-refractivity contribution in [1.82, 2.24) is 0 Å². The lowest BCUT2D eigenvalue weighted by Gasteiger charge is -2.11. The quantitative estimate of drug-likeness (QED) is 0.416. The number of benzene rings is 2. The monoisotopic (exact) mass is 338 g/mol. The molecule has 0 saturated heterocycles. The van der Waals surface area contributed by atoms with Gasteiger partial charge >= 0.3 is 11.7 Å². The van der Waals surface area contributed by atoms with E-state index in [9.17, 15) is 23.3 Å². The van der Waals surface area contributed by atoms with E-state index < -0.39 is 38.8 Å². The van der Waals surface area contributed by atoms with Crippen molar-refractivity contribution in [1.29, 1.82) is 0 Å². The van der Waals surface area contributed by atoms with Crippen LogP contribution in [0.4, 0.5) is 11.4 Å². The SMILES string of the molecule is O=C(O)c1cc(N[SH](=O)=O)c(Oc2ccccc2)c([N+](=O)[O-])c1. The molecule has 0 saturated carbocycles. The number of ether oxygens (including phenoxy) is 1. The Labute approximate surface area is 131 Å². The van der Waals surface area contributed by atoms with Crippen molar-refractivity contribution in [3.8, 4) is 11.5 Å². The minimum Gasteiger partial charge on any atom is -0.478 e. The third kappa shape index (κ3) is 3.95. The zero-order valence-corrected chi connectivity index (χ0v) is 12.2. The number of nitro benzene ring substituents is 1. The number of carboxylic acid groups (broad SMARTS) is 1. The summed E-state index contributed by atoms with van der Waals surface area (Å²) in [5.41, 5.74) is -1.46. The third-order valence-electron chi connectivity index (χ3n) is 2.69. The number of carboxylic acids is 1. The number of carbonyl (C=O) groups is 1. The molecule has 9 nitrogen and oxygen atoms in total. The molecule has 23 heavy (non-hydrogen) atoms. The third-order valence-corrected chi connectivity index (χ3v) is 3.11. The fourth-order valence-corrected chi connectivity index (χ4v) is 2.13. The van der Waals surface area contributed by atoms with Gasteiger partial charge in [0.15, 0.2) is 0 Å². The van der Waals surface area contributed by atoms with Gasteiger partial charge < -0.3 is 9.84 Å². The van der Waals surface area contributed by atoms with Gasteiger partial charge in [-0.3, -0.25) is 14.8 Å². The maximum absolute atomic E-state index is 11.2. The Hall–Kier alpha value is -3.14. The maximum atomic E-state index is 11.2. The topological polar surface area (TPSA) is 136 Å². The Morgan fingerprint density at radius 1 is 1.22 bits per heavy atom. The predicted molar refractivity (Wildman–Crippen MR) is 80.5 cm³/mol. The summed E-state index contributed by atoms with van der Waals surface area (Å²) in [4.78, 5) is 21.4. The molecule has 0 atom stereocenters. The van der Waals surface area contributed by atoms with Crippen LogP contribution in [0.3, 0.4) is 0 Å². The highest BCUT2D eigenvalue weighted by Gasteiger charge is 2.24. The lowest BCUT2D eigenvalue weighted by atomic mass is 10.1. The summed E-state index contributed by atoms with van der Waals surface area (Å²) in [6, 6.07) is 9.69.